The highest BCUT2D eigenvalue weighted by molar-refractivity contribution is 5.98. The van der Waals surface area contributed by atoms with Gasteiger partial charge in [0, 0.05) is 47.9 Å². The Bertz CT molecular complexity index is 1240. The third-order valence-corrected chi connectivity index (χ3v) is 4.91. The van der Waals surface area contributed by atoms with Crippen LogP contribution in [0.15, 0.2) is 54.9 Å². The highest BCUT2D eigenvalue weighted by Crippen LogP contribution is 2.24. The molecular weight excluding hydrogens is 410 g/mol. The number of fused-ring (bicyclic) bond motifs is 1. The summed E-state index contributed by atoms with van der Waals surface area (Å²) < 4.78 is 5.65. The van der Waals surface area contributed by atoms with Crippen molar-refractivity contribution in [2.24, 2.45) is 5.92 Å². The quantitative estimate of drug-likeness (QED) is 0.296. The molecule has 32 heavy (non-hydrogen) atoms. The summed E-state index contributed by atoms with van der Waals surface area (Å²) in [5.74, 6) is 0.603. The Kier molecular flexibility index (Phi) is 6.39. The van der Waals surface area contributed by atoms with Crippen molar-refractivity contribution in [3.8, 4) is 17.1 Å². The minimum atomic E-state index is -0.342. The maximum absolute atomic E-state index is 11.6. The van der Waals surface area contributed by atoms with Crippen molar-refractivity contribution < 1.29 is 19.7 Å². The van der Waals surface area contributed by atoms with Crippen LogP contribution in [0.1, 0.15) is 17.4 Å². The van der Waals surface area contributed by atoms with Crippen LogP contribution in [0, 0.1) is 5.92 Å². The van der Waals surface area contributed by atoms with Crippen molar-refractivity contribution in [1.82, 2.24) is 19.9 Å². The van der Waals surface area contributed by atoms with Crippen LogP contribution in [0.2, 0.25) is 0 Å². The number of carbonyl (C=O) groups excluding carboxylic acids is 1. The Morgan fingerprint density at radius 2 is 1.88 bits per heavy atom. The van der Waals surface area contributed by atoms with E-state index in [9.17, 15) is 15.0 Å². The summed E-state index contributed by atoms with van der Waals surface area (Å²) in [6.45, 7) is 1.41. The minimum absolute atomic E-state index is 0.0197. The summed E-state index contributed by atoms with van der Waals surface area (Å²) >= 11 is 0. The lowest BCUT2D eigenvalue weighted by Crippen LogP contribution is -2.19. The zero-order valence-corrected chi connectivity index (χ0v) is 17.4. The number of aliphatic hydroxyl groups excluding tert-OH is 2. The molecule has 164 valence electrons. The number of nitrogens with one attached hydrogen (secondary N) is 2. The zero-order valence-electron chi connectivity index (χ0n) is 17.4. The standard InChI is InChI=1S/C23H23N5O4/c1-14(31)21-9-16-8-17(2-3-19(16)27-21)26-23-25-7-5-20(28-23)22-10-18(4-6-24-22)32-13-15(11-29)12-30/h2-10,15,27,29-30H,11-13H2,1H3,(H,25,26,28). The van der Waals surface area contributed by atoms with Gasteiger partial charge in [0.2, 0.25) is 5.95 Å². The highest BCUT2D eigenvalue weighted by atomic mass is 16.5. The summed E-state index contributed by atoms with van der Waals surface area (Å²) in [5.41, 5.74) is 3.43. The molecule has 4 N–H and O–H groups in total. The molecule has 0 radical (unpaired) electrons. The lowest BCUT2D eigenvalue weighted by atomic mass is 10.2. The normalized spacial score (nSPS) is 11.1. The first-order valence-corrected chi connectivity index (χ1v) is 10.1. The average molecular weight is 433 g/mol. The van der Waals surface area contributed by atoms with Gasteiger partial charge in [-0.1, -0.05) is 0 Å². The van der Waals surface area contributed by atoms with Crippen LogP contribution < -0.4 is 10.1 Å². The number of benzene rings is 1. The molecule has 4 rings (SSSR count). The molecule has 0 unspecified atom stereocenters. The number of hydrogen-bond donors (Lipinski definition) is 4. The Morgan fingerprint density at radius 3 is 2.66 bits per heavy atom. The average Bonchev–Trinajstić information content (AvgIpc) is 3.24. The summed E-state index contributed by atoms with van der Waals surface area (Å²) in [6.07, 6.45) is 3.25. The molecule has 3 aromatic heterocycles. The van der Waals surface area contributed by atoms with Gasteiger partial charge >= 0.3 is 0 Å². The molecular formula is C23H23N5O4. The van der Waals surface area contributed by atoms with Gasteiger partial charge < -0.3 is 25.3 Å². The van der Waals surface area contributed by atoms with E-state index in [-0.39, 0.29) is 31.5 Å². The van der Waals surface area contributed by atoms with Gasteiger partial charge in [0.05, 0.1) is 36.9 Å². The van der Waals surface area contributed by atoms with Crippen LogP contribution in [0.25, 0.3) is 22.3 Å². The number of hydrogen-bond acceptors (Lipinski definition) is 8. The van der Waals surface area contributed by atoms with Crippen molar-refractivity contribution in [3.63, 3.8) is 0 Å². The van der Waals surface area contributed by atoms with Crippen molar-refractivity contribution >= 4 is 28.3 Å². The van der Waals surface area contributed by atoms with Gasteiger partial charge in [-0.25, -0.2) is 9.97 Å². The van der Waals surface area contributed by atoms with Crippen LogP contribution in [0.3, 0.4) is 0 Å². The van der Waals surface area contributed by atoms with Crippen LogP contribution in [-0.2, 0) is 0 Å². The number of aromatic amines is 1. The van der Waals surface area contributed by atoms with Gasteiger partial charge in [0.15, 0.2) is 5.78 Å². The number of pyridine rings is 1. The molecule has 0 saturated carbocycles. The minimum Gasteiger partial charge on any atom is -0.493 e. The molecule has 0 bridgehead atoms. The number of ketones is 1. The number of aromatic nitrogens is 4. The number of Topliss-reactive ketones (excluding diaryl/α,β-unsaturated/α-hetero) is 1. The first-order chi connectivity index (χ1) is 15.6. The molecule has 0 aliphatic carbocycles. The largest absolute Gasteiger partial charge is 0.493 e. The first-order valence-electron chi connectivity index (χ1n) is 10.1. The fraction of sp³-hybridized carbons (Fsp3) is 0.217. The van der Waals surface area contributed by atoms with Crippen LogP contribution in [0.4, 0.5) is 11.6 Å². The molecule has 0 amide bonds. The lowest BCUT2D eigenvalue weighted by molar-refractivity contribution is 0.101. The molecule has 9 heteroatoms. The van der Waals surface area contributed by atoms with Crippen molar-refractivity contribution in [3.05, 3.63) is 60.6 Å². The second kappa shape index (κ2) is 9.54. The van der Waals surface area contributed by atoms with Crippen LogP contribution >= 0.6 is 0 Å². The Hall–Kier alpha value is -3.82. The molecule has 4 aromatic rings. The third kappa shape index (κ3) is 4.90. The van der Waals surface area contributed by atoms with E-state index in [2.05, 4.69) is 25.3 Å². The molecule has 0 aliphatic rings. The van der Waals surface area contributed by atoms with Gasteiger partial charge in [-0.05, 0) is 36.4 Å². The highest BCUT2D eigenvalue weighted by Gasteiger charge is 2.10. The van der Waals surface area contributed by atoms with Gasteiger partial charge in [-0.15, -0.1) is 0 Å². The predicted octanol–water partition coefficient (Wildman–Crippen LogP) is 2.95. The van der Waals surface area contributed by atoms with Gasteiger partial charge in [0.1, 0.15) is 5.75 Å². The first kappa shape index (κ1) is 21.4. The molecule has 0 aliphatic heterocycles. The molecule has 3 heterocycles. The number of carbonyl (C=O) groups is 1. The van der Waals surface area contributed by atoms with Crippen molar-refractivity contribution in [2.45, 2.75) is 6.92 Å². The number of aliphatic hydroxyl groups is 2. The summed E-state index contributed by atoms with van der Waals surface area (Å²) in [6, 6.07) is 12.7. The van der Waals surface area contributed by atoms with Gasteiger partial charge in [-0.2, -0.15) is 0 Å². The van der Waals surface area contributed by atoms with Gasteiger partial charge in [-0.3, -0.25) is 9.78 Å². The third-order valence-electron chi connectivity index (χ3n) is 4.91. The number of ether oxygens (including phenoxy) is 1. The molecule has 0 atom stereocenters. The van der Waals surface area contributed by atoms with E-state index >= 15 is 0 Å². The zero-order chi connectivity index (χ0) is 22.5. The van der Waals surface area contributed by atoms with E-state index < -0.39 is 0 Å². The van der Waals surface area contributed by atoms with Crippen LogP contribution in [0.5, 0.6) is 5.75 Å². The fourth-order valence-corrected chi connectivity index (χ4v) is 3.11. The monoisotopic (exact) mass is 433 g/mol. The molecule has 0 fully saturated rings. The van der Waals surface area contributed by atoms with E-state index in [1.165, 1.54) is 6.92 Å². The smallest absolute Gasteiger partial charge is 0.227 e. The Morgan fingerprint density at radius 1 is 1.06 bits per heavy atom. The maximum Gasteiger partial charge on any atom is 0.227 e. The number of anilines is 2. The van der Waals surface area contributed by atoms with E-state index in [1.54, 1.807) is 30.6 Å². The number of H-pyrrole nitrogens is 1. The Labute approximate surface area is 184 Å². The fourth-order valence-electron chi connectivity index (χ4n) is 3.11. The number of nitrogens with zero attached hydrogens (tertiary/aromatic N) is 3. The summed E-state index contributed by atoms with van der Waals surface area (Å²) in [5, 5.41) is 22.4. The predicted molar refractivity (Wildman–Crippen MR) is 120 cm³/mol. The second-order valence-electron chi connectivity index (χ2n) is 7.35. The molecule has 9 nitrogen and oxygen atoms in total. The van der Waals surface area contributed by atoms with E-state index in [4.69, 9.17) is 4.74 Å². The van der Waals surface area contributed by atoms with E-state index in [0.717, 1.165) is 16.6 Å². The SMILES string of the molecule is CC(=O)c1cc2cc(Nc3nccc(-c4cc(OCC(CO)CO)ccn4)n3)ccc2[nH]1. The van der Waals surface area contributed by atoms with Crippen molar-refractivity contribution in [1.29, 1.82) is 0 Å². The molecule has 0 spiro atoms. The summed E-state index contributed by atoms with van der Waals surface area (Å²) in [4.78, 5) is 27.8. The van der Waals surface area contributed by atoms with Gasteiger partial charge in [0.25, 0.3) is 0 Å². The van der Waals surface area contributed by atoms with Crippen molar-refractivity contribution in [2.75, 3.05) is 25.1 Å². The second-order valence-corrected chi connectivity index (χ2v) is 7.35. The molecule has 1 aromatic carbocycles. The maximum atomic E-state index is 11.6. The molecule has 0 saturated heterocycles. The number of rotatable bonds is 9. The lowest BCUT2D eigenvalue weighted by Gasteiger charge is -2.13. The van der Waals surface area contributed by atoms with E-state index in [0.29, 0.717) is 28.8 Å². The van der Waals surface area contributed by atoms with Crippen LogP contribution in [-0.4, -0.2) is 55.8 Å². The van der Waals surface area contributed by atoms with E-state index in [1.807, 2.05) is 24.3 Å². The topological polar surface area (TPSA) is 133 Å². The Balaban J connectivity index is 1.52. The summed E-state index contributed by atoms with van der Waals surface area (Å²) in [7, 11) is 0.